The fourth-order valence-electron chi connectivity index (χ4n) is 3.58. The van der Waals surface area contributed by atoms with Gasteiger partial charge < -0.3 is 0 Å². The van der Waals surface area contributed by atoms with Crippen LogP contribution in [0.25, 0.3) is 0 Å². The maximum atomic E-state index is 2.37. The van der Waals surface area contributed by atoms with Crippen molar-refractivity contribution in [2.45, 2.75) is 116 Å². The third-order valence-electron chi connectivity index (χ3n) is 5.34. The predicted molar refractivity (Wildman–Crippen MR) is 119 cm³/mol. The van der Waals surface area contributed by atoms with Gasteiger partial charge in [0.05, 0.1) is 0 Å². The van der Waals surface area contributed by atoms with Crippen LogP contribution in [0.15, 0.2) is 42.5 Å². The van der Waals surface area contributed by atoms with Crippen LogP contribution in [0.5, 0.6) is 0 Å². The third-order valence-corrected chi connectivity index (χ3v) is 5.34. The zero-order valence-corrected chi connectivity index (χ0v) is 17.6. The first-order valence-corrected chi connectivity index (χ1v) is 11.6. The Bertz CT molecular complexity index is 403. The van der Waals surface area contributed by atoms with Crippen molar-refractivity contribution in [3.8, 4) is 0 Å². The average Bonchev–Trinajstić information content (AvgIpc) is 2.68. The second-order valence-corrected chi connectivity index (χ2v) is 7.90. The van der Waals surface area contributed by atoms with Crippen molar-refractivity contribution < 1.29 is 0 Å². The van der Waals surface area contributed by atoms with Crippen molar-refractivity contribution in [2.24, 2.45) is 0 Å². The van der Waals surface area contributed by atoms with Gasteiger partial charge in [0, 0.05) is 0 Å². The highest BCUT2D eigenvalue weighted by atomic mass is 14.0. The van der Waals surface area contributed by atoms with Crippen LogP contribution in [0.2, 0.25) is 0 Å². The Morgan fingerprint density at radius 2 is 1.00 bits per heavy atom. The van der Waals surface area contributed by atoms with Crippen molar-refractivity contribution in [1.29, 1.82) is 0 Å². The van der Waals surface area contributed by atoms with E-state index >= 15 is 0 Å². The van der Waals surface area contributed by atoms with Crippen LogP contribution in [-0.2, 0) is 6.42 Å². The minimum Gasteiger partial charge on any atom is -0.0882 e. The summed E-state index contributed by atoms with van der Waals surface area (Å²) < 4.78 is 0. The number of rotatable bonds is 18. The van der Waals surface area contributed by atoms with E-state index in [1.54, 1.807) is 0 Å². The topological polar surface area (TPSA) is 0 Å². The van der Waals surface area contributed by atoms with Gasteiger partial charge >= 0.3 is 0 Å². The van der Waals surface area contributed by atoms with Gasteiger partial charge in [0.2, 0.25) is 0 Å². The number of benzene rings is 1. The molecule has 0 fully saturated rings. The molecule has 0 spiro atoms. The maximum Gasteiger partial charge on any atom is -0.00975 e. The van der Waals surface area contributed by atoms with Gasteiger partial charge in [-0.25, -0.2) is 0 Å². The van der Waals surface area contributed by atoms with Crippen molar-refractivity contribution in [3.63, 3.8) is 0 Å². The molecule has 1 rings (SSSR count). The molecule has 0 saturated heterocycles. The average molecular weight is 357 g/mol. The number of allylic oxidation sites excluding steroid dienone is 2. The molecule has 0 aliphatic heterocycles. The molecule has 148 valence electrons. The highest BCUT2D eigenvalue weighted by molar-refractivity contribution is 5.17. The fourth-order valence-corrected chi connectivity index (χ4v) is 3.58. The van der Waals surface area contributed by atoms with Crippen LogP contribution in [0.4, 0.5) is 0 Å². The number of hydrogen-bond donors (Lipinski definition) is 0. The highest BCUT2D eigenvalue weighted by Crippen LogP contribution is 2.13. The lowest BCUT2D eigenvalue weighted by molar-refractivity contribution is 0.533. The molecule has 0 aromatic heterocycles. The summed E-state index contributed by atoms with van der Waals surface area (Å²) in [4.78, 5) is 0. The molecule has 0 radical (unpaired) electrons. The monoisotopic (exact) mass is 356 g/mol. The summed E-state index contributed by atoms with van der Waals surface area (Å²) in [5.74, 6) is 0. The molecule has 1 aromatic carbocycles. The largest absolute Gasteiger partial charge is 0.0882 e. The molecule has 0 N–H and O–H groups in total. The first-order chi connectivity index (χ1) is 12.9. The van der Waals surface area contributed by atoms with Crippen molar-refractivity contribution in [1.82, 2.24) is 0 Å². The van der Waals surface area contributed by atoms with Gasteiger partial charge in [0.25, 0.3) is 0 Å². The Labute approximate surface area is 164 Å². The second kappa shape index (κ2) is 18.7. The van der Waals surface area contributed by atoms with Crippen molar-refractivity contribution in [2.75, 3.05) is 0 Å². The number of unbranched alkanes of at least 4 members (excludes halogenated alkanes) is 15. The standard InChI is InChI=1S/C26H44/c1-2-3-4-5-6-7-8-9-10-11-12-13-14-15-16-17-18-20-23-26-24-21-19-22-25-26/h18-22,24-25H,2-17,23H2,1H3. The molecule has 0 aliphatic carbocycles. The van der Waals surface area contributed by atoms with Gasteiger partial charge in [0.1, 0.15) is 0 Å². The molecule has 0 nitrogen and oxygen atoms in total. The summed E-state index contributed by atoms with van der Waals surface area (Å²) in [5, 5.41) is 0. The van der Waals surface area contributed by atoms with Gasteiger partial charge in [-0.3, -0.25) is 0 Å². The normalized spacial score (nSPS) is 11.4. The molecule has 26 heavy (non-hydrogen) atoms. The van der Waals surface area contributed by atoms with Crippen LogP contribution in [0.3, 0.4) is 0 Å². The van der Waals surface area contributed by atoms with Crippen LogP contribution >= 0.6 is 0 Å². The van der Waals surface area contributed by atoms with E-state index in [9.17, 15) is 0 Å². The minimum absolute atomic E-state index is 1.08. The lowest BCUT2D eigenvalue weighted by Gasteiger charge is -2.03. The van der Waals surface area contributed by atoms with Crippen molar-refractivity contribution >= 4 is 0 Å². The Morgan fingerprint density at radius 1 is 0.538 bits per heavy atom. The summed E-state index contributed by atoms with van der Waals surface area (Å²) in [6.45, 7) is 2.30. The van der Waals surface area contributed by atoms with E-state index in [4.69, 9.17) is 0 Å². The summed E-state index contributed by atoms with van der Waals surface area (Å²) in [5.41, 5.74) is 1.42. The van der Waals surface area contributed by atoms with Gasteiger partial charge in [0.15, 0.2) is 0 Å². The molecule has 1 aromatic rings. The minimum atomic E-state index is 1.08. The zero-order valence-electron chi connectivity index (χ0n) is 17.6. The van der Waals surface area contributed by atoms with Gasteiger partial charge in [-0.1, -0.05) is 139 Å². The van der Waals surface area contributed by atoms with E-state index in [1.165, 1.54) is 108 Å². The molecule has 0 heterocycles. The molecule has 0 atom stereocenters. The Hall–Kier alpha value is -1.04. The number of hydrogen-bond acceptors (Lipinski definition) is 0. The van der Waals surface area contributed by atoms with E-state index in [1.807, 2.05) is 0 Å². The van der Waals surface area contributed by atoms with E-state index in [0.29, 0.717) is 0 Å². The van der Waals surface area contributed by atoms with E-state index in [2.05, 4.69) is 49.4 Å². The van der Waals surface area contributed by atoms with Crippen LogP contribution in [0.1, 0.15) is 115 Å². The SMILES string of the molecule is CCCCCCCCCCCCCCCCCC=CCc1ccccc1. The lowest BCUT2D eigenvalue weighted by atomic mass is 10.0. The zero-order chi connectivity index (χ0) is 18.5. The Morgan fingerprint density at radius 3 is 1.50 bits per heavy atom. The molecule has 0 amide bonds. The molecule has 0 unspecified atom stereocenters. The molecular formula is C26H44. The summed E-state index contributed by atoms with van der Waals surface area (Å²) in [7, 11) is 0. The molecule has 0 heteroatoms. The third kappa shape index (κ3) is 15.2. The van der Waals surface area contributed by atoms with Crippen LogP contribution in [0, 0.1) is 0 Å². The summed E-state index contributed by atoms with van der Waals surface area (Å²) in [6, 6.07) is 10.7. The first kappa shape index (κ1) is 23.0. The van der Waals surface area contributed by atoms with Crippen LogP contribution in [-0.4, -0.2) is 0 Å². The maximum absolute atomic E-state index is 2.37. The predicted octanol–water partition coefficient (Wildman–Crippen LogP) is 9.05. The molecule has 0 bridgehead atoms. The van der Waals surface area contributed by atoms with E-state index in [-0.39, 0.29) is 0 Å². The molecule has 0 saturated carbocycles. The van der Waals surface area contributed by atoms with E-state index in [0.717, 1.165) is 6.42 Å². The van der Waals surface area contributed by atoms with Crippen LogP contribution < -0.4 is 0 Å². The highest BCUT2D eigenvalue weighted by Gasteiger charge is 1.94. The lowest BCUT2D eigenvalue weighted by Crippen LogP contribution is -1.83. The summed E-state index contributed by atoms with van der Waals surface area (Å²) >= 11 is 0. The van der Waals surface area contributed by atoms with Gasteiger partial charge in [-0.15, -0.1) is 0 Å². The quantitative estimate of drug-likeness (QED) is 0.182. The Balaban J connectivity index is 1.73. The fraction of sp³-hybridized carbons (Fsp3) is 0.692. The summed E-state index contributed by atoms with van der Waals surface area (Å²) in [6.07, 6.45) is 28.7. The Kier molecular flexibility index (Phi) is 16.6. The molecule has 0 aliphatic rings. The van der Waals surface area contributed by atoms with Crippen molar-refractivity contribution in [3.05, 3.63) is 48.0 Å². The van der Waals surface area contributed by atoms with E-state index < -0.39 is 0 Å². The second-order valence-electron chi connectivity index (χ2n) is 7.90. The van der Waals surface area contributed by atoms with Gasteiger partial charge in [-0.2, -0.15) is 0 Å². The molecular weight excluding hydrogens is 312 g/mol. The smallest absolute Gasteiger partial charge is 0.00975 e. The first-order valence-electron chi connectivity index (χ1n) is 11.6. The van der Waals surface area contributed by atoms with Gasteiger partial charge in [-0.05, 0) is 24.8 Å².